The first-order valence-corrected chi connectivity index (χ1v) is 9.22. The number of rotatable bonds is 8. The van der Waals surface area contributed by atoms with E-state index in [1.54, 1.807) is 20.4 Å². The first-order chi connectivity index (χ1) is 12.7. The molecule has 1 N–H and O–H groups in total. The number of aromatic nitrogens is 2. The van der Waals surface area contributed by atoms with Crippen molar-refractivity contribution in [2.75, 3.05) is 26.5 Å². The van der Waals surface area contributed by atoms with Gasteiger partial charge in [-0.3, -0.25) is 9.20 Å². The van der Waals surface area contributed by atoms with E-state index in [2.05, 4.69) is 10.3 Å². The molecule has 3 aromatic rings. The Labute approximate surface area is 156 Å². The maximum absolute atomic E-state index is 12.1. The molecular formula is C19H21N3O3S. The maximum Gasteiger partial charge on any atom is 0.230 e. The lowest BCUT2D eigenvalue weighted by molar-refractivity contribution is -0.118. The van der Waals surface area contributed by atoms with Crippen molar-refractivity contribution in [3.05, 3.63) is 54.4 Å². The van der Waals surface area contributed by atoms with Crippen molar-refractivity contribution < 1.29 is 14.3 Å². The Bertz CT molecular complexity index is 895. The zero-order chi connectivity index (χ0) is 18.4. The third-order valence-electron chi connectivity index (χ3n) is 3.92. The Hall–Kier alpha value is -2.67. The lowest BCUT2D eigenvalue weighted by atomic mass is 10.1. The molecule has 136 valence electrons. The molecule has 0 saturated heterocycles. The number of nitrogens with one attached hydrogen (secondary N) is 1. The Balaban J connectivity index is 1.47. The largest absolute Gasteiger partial charge is 0.493 e. The topological polar surface area (TPSA) is 64.9 Å². The van der Waals surface area contributed by atoms with Crippen LogP contribution in [0.3, 0.4) is 0 Å². The average Bonchev–Trinajstić information content (AvgIpc) is 3.09. The third kappa shape index (κ3) is 4.29. The number of nitrogens with zero attached hydrogens (tertiary/aromatic N) is 2. The van der Waals surface area contributed by atoms with E-state index < -0.39 is 0 Å². The number of hydrogen-bond donors (Lipinski definition) is 1. The minimum absolute atomic E-state index is 0.0110. The van der Waals surface area contributed by atoms with E-state index in [1.807, 2.05) is 47.0 Å². The van der Waals surface area contributed by atoms with Crippen LogP contribution in [-0.4, -0.2) is 41.8 Å². The van der Waals surface area contributed by atoms with Crippen molar-refractivity contribution in [3.8, 4) is 11.5 Å². The van der Waals surface area contributed by atoms with Crippen LogP contribution in [0.2, 0.25) is 0 Å². The summed E-state index contributed by atoms with van der Waals surface area (Å²) in [4.78, 5) is 16.4. The van der Waals surface area contributed by atoms with Gasteiger partial charge in [-0.2, -0.15) is 0 Å². The Morgan fingerprint density at radius 3 is 2.85 bits per heavy atom. The van der Waals surface area contributed by atoms with Crippen molar-refractivity contribution >= 4 is 23.2 Å². The normalized spacial score (nSPS) is 10.7. The summed E-state index contributed by atoms with van der Waals surface area (Å²) in [6.45, 7) is 0.567. The van der Waals surface area contributed by atoms with Crippen LogP contribution in [0.15, 0.2) is 53.9 Å². The molecule has 0 fully saturated rings. The van der Waals surface area contributed by atoms with E-state index >= 15 is 0 Å². The highest BCUT2D eigenvalue weighted by atomic mass is 32.2. The van der Waals surface area contributed by atoms with Gasteiger partial charge in [-0.25, -0.2) is 4.98 Å². The van der Waals surface area contributed by atoms with E-state index in [0.717, 1.165) is 22.7 Å². The van der Waals surface area contributed by atoms with Crippen LogP contribution >= 0.6 is 11.8 Å². The molecule has 0 atom stereocenters. The fourth-order valence-electron chi connectivity index (χ4n) is 2.59. The summed E-state index contributed by atoms with van der Waals surface area (Å²) in [5, 5.41) is 3.75. The van der Waals surface area contributed by atoms with Crippen LogP contribution in [0.25, 0.3) is 5.52 Å². The van der Waals surface area contributed by atoms with Crippen molar-refractivity contribution in [3.63, 3.8) is 0 Å². The Morgan fingerprint density at radius 1 is 1.19 bits per heavy atom. The van der Waals surface area contributed by atoms with Gasteiger partial charge in [0.1, 0.15) is 0 Å². The number of ether oxygens (including phenoxy) is 2. The molecule has 0 bridgehead atoms. The molecule has 0 aliphatic carbocycles. The number of carbonyl (C=O) groups is 1. The third-order valence-corrected chi connectivity index (χ3v) is 4.89. The fourth-order valence-corrected chi connectivity index (χ4v) is 3.38. The molecule has 0 aliphatic heterocycles. The second-order valence-electron chi connectivity index (χ2n) is 5.61. The second-order valence-corrected chi connectivity index (χ2v) is 6.56. The molecule has 7 heteroatoms. The lowest BCUT2D eigenvalue weighted by Crippen LogP contribution is -2.27. The van der Waals surface area contributed by atoms with Gasteiger partial charge in [0.05, 0.1) is 31.7 Å². The van der Waals surface area contributed by atoms with Crippen LogP contribution in [0, 0.1) is 0 Å². The highest BCUT2D eigenvalue weighted by molar-refractivity contribution is 7.99. The zero-order valence-electron chi connectivity index (χ0n) is 14.8. The number of hydrogen-bond acceptors (Lipinski definition) is 5. The van der Waals surface area contributed by atoms with Crippen molar-refractivity contribution in [1.29, 1.82) is 0 Å². The van der Waals surface area contributed by atoms with Gasteiger partial charge in [0.25, 0.3) is 0 Å². The van der Waals surface area contributed by atoms with Gasteiger partial charge in [-0.1, -0.05) is 23.9 Å². The van der Waals surface area contributed by atoms with Crippen molar-refractivity contribution in [2.45, 2.75) is 11.6 Å². The molecule has 2 aromatic heterocycles. The number of pyridine rings is 1. The molecule has 1 aromatic carbocycles. The van der Waals surface area contributed by atoms with E-state index in [0.29, 0.717) is 23.8 Å². The summed E-state index contributed by atoms with van der Waals surface area (Å²) in [6, 6.07) is 11.7. The van der Waals surface area contributed by atoms with Gasteiger partial charge >= 0.3 is 0 Å². The molecule has 3 rings (SSSR count). The molecule has 0 spiro atoms. The molecule has 0 saturated carbocycles. The minimum atomic E-state index is -0.0110. The SMILES string of the molecule is COc1ccc(CCNC(=O)CSc2ncc3ccccn23)cc1OC. The summed E-state index contributed by atoms with van der Waals surface area (Å²) >= 11 is 1.43. The highest BCUT2D eigenvalue weighted by Gasteiger charge is 2.08. The molecule has 0 aliphatic rings. The van der Waals surface area contributed by atoms with E-state index in [-0.39, 0.29) is 5.91 Å². The maximum atomic E-state index is 12.1. The average molecular weight is 371 g/mol. The number of methoxy groups -OCH3 is 2. The molecule has 2 heterocycles. The predicted octanol–water partition coefficient (Wildman–Crippen LogP) is 2.80. The van der Waals surface area contributed by atoms with Gasteiger partial charge in [-0.05, 0) is 36.2 Å². The van der Waals surface area contributed by atoms with Crippen molar-refractivity contribution in [1.82, 2.24) is 14.7 Å². The van der Waals surface area contributed by atoms with Crippen LogP contribution in [0.5, 0.6) is 11.5 Å². The summed E-state index contributed by atoms with van der Waals surface area (Å²) in [7, 11) is 3.22. The van der Waals surface area contributed by atoms with E-state index in [4.69, 9.17) is 9.47 Å². The Kier molecular flexibility index (Phi) is 6.01. The molecule has 1 amide bonds. The van der Waals surface area contributed by atoms with Crippen LogP contribution in [0.4, 0.5) is 0 Å². The summed E-state index contributed by atoms with van der Waals surface area (Å²) in [5.74, 6) is 1.71. The second kappa shape index (κ2) is 8.62. The van der Waals surface area contributed by atoms with Crippen LogP contribution in [0.1, 0.15) is 5.56 Å². The molecular weight excluding hydrogens is 350 g/mol. The summed E-state index contributed by atoms with van der Waals surface area (Å²) < 4.78 is 12.5. The minimum Gasteiger partial charge on any atom is -0.493 e. The van der Waals surface area contributed by atoms with Gasteiger partial charge in [-0.15, -0.1) is 0 Å². The van der Waals surface area contributed by atoms with E-state index in [1.165, 1.54) is 11.8 Å². The van der Waals surface area contributed by atoms with Crippen molar-refractivity contribution in [2.24, 2.45) is 0 Å². The van der Waals surface area contributed by atoms with Gasteiger partial charge in [0.2, 0.25) is 5.91 Å². The fraction of sp³-hybridized carbons (Fsp3) is 0.263. The molecule has 6 nitrogen and oxygen atoms in total. The standard InChI is InChI=1S/C19H21N3O3S/c1-24-16-7-6-14(11-17(16)25-2)8-9-20-18(23)13-26-19-21-12-15-5-3-4-10-22(15)19/h3-7,10-12H,8-9,13H2,1-2H3,(H,20,23). The highest BCUT2D eigenvalue weighted by Crippen LogP contribution is 2.27. The van der Waals surface area contributed by atoms with Crippen LogP contribution in [-0.2, 0) is 11.2 Å². The first kappa shape index (κ1) is 18.1. The van der Waals surface area contributed by atoms with E-state index in [9.17, 15) is 4.79 Å². The molecule has 26 heavy (non-hydrogen) atoms. The lowest BCUT2D eigenvalue weighted by Gasteiger charge is -2.10. The zero-order valence-corrected chi connectivity index (χ0v) is 15.6. The predicted molar refractivity (Wildman–Crippen MR) is 102 cm³/mol. The quantitative estimate of drug-likeness (QED) is 0.617. The Morgan fingerprint density at radius 2 is 2.04 bits per heavy atom. The number of imidazole rings is 1. The van der Waals surface area contributed by atoms with Gasteiger partial charge in [0, 0.05) is 12.7 Å². The number of carbonyl (C=O) groups excluding carboxylic acids is 1. The first-order valence-electron chi connectivity index (χ1n) is 8.23. The molecule has 0 unspecified atom stereocenters. The van der Waals surface area contributed by atoms with Gasteiger partial charge in [0.15, 0.2) is 16.7 Å². The van der Waals surface area contributed by atoms with Gasteiger partial charge < -0.3 is 14.8 Å². The smallest absolute Gasteiger partial charge is 0.230 e. The number of fused-ring (bicyclic) bond motifs is 1. The van der Waals surface area contributed by atoms with Crippen LogP contribution < -0.4 is 14.8 Å². The summed E-state index contributed by atoms with van der Waals surface area (Å²) in [5.41, 5.74) is 2.10. The summed E-state index contributed by atoms with van der Waals surface area (Å²) in [6.07, 6.45) is 4.47. The number of amides is 1. The number of thioether (sulfide) groups is 1. The molecule has 0 radical (unpaired) electrons. The monoisotopic (exact) mass is 371 g/mol. The number of benzene rings is 1.